The molecule has 1 amide bonds. The smallest absolute Gasteiger partial charge is 0.410 e. The van der Waals surface area contributed by atoms with Crippen molar-refractivity contribution in [3.63, 3.8) is 0 Å². The van der Waals surface area contributed by atoms with Gasteiger partial charge in [0.25, 0.3) is 0 Å². The van der Waals surface area contributed by atoms with Gasteiger partial charge in [0, 0.05) is 23.6 Å². The van der Waals surface area contributed by atoms with E-state index in [2.05, 4.69) is 27.1 Å². The molecular formula is C19H14N4O2. The van der Waals surface area contributed by atoms with Crippen LogP contribution in [0.4, 0.5) is 16.4 Å². The van der Waals surface area contributed by atoms with Crippen molar-refractivity contribution in [3.05, 3.63) is 78.1 Å². The molecule has 3 aromatic rings. The predicted molar refractivity (Wildman–Crippen MR) is 95.0 cm³/mol. The number of nitrogens with one attached hydrogen (secondary N) is 1. The first-order valence-corrected chi connectivity index (χ1v) is 7.42. The van der Waals surface area contributed by atoms with Crippen molar-refractivity contribution in [3.8, 4) is 17.6 Å². The van der Waals surface area contributed by atoms with Gasteiger partial charge >= 0.3 is 6.09 Å². The number of ether oxygens (including phenoxy) is 1. The molecule has 2 aromatic carbocycles. The molecule has 0 saturated heterocycles. The average molecular weight is 330 g/mol. The molecular weight excluding hydrogens is 316 g/mol. The van der Waals surface area contributed by atoms with Crippen LogP contribution in [-0.4, -0.2) is 16.1 Å². The highest BCUT2D eigenvalue weighted by Crippen LogP contribution is 2.14. The molecule has 0 atom stereocenters. The molecule has 0 bridgehead atoms. The number of amides is 1. The van der Waals surface area contributed by atoms with E-state index in [1.807, 2.05) is 24.3 Å². The predicted octanol–water partition coefficient (Wildman–Crippen LogP) is 3.07. The summed E-state index contributed by atoms with van der Waals surface area (Å²) in [6, 6.07) is 16.0. The fraction of sp³-hybridized carbons (Fsp3) is 0. The maximum absolute atomic E-state index is 11.9. The van der Waals surface area contributed by atoms with Crippen LogP contribution in [0.3, 0.4) is 0 Å². The summed E-state index contributed by atoms with van der Waals surface area (Å²) in [5, 5.41) is 2.65. The standard InChI is InChI=1S/C19H14N4O2/c20-18-21-12-15(13-22-18)10-9-14-5-4-8-17(11-14)25-19(24)23-16-6-2-1-3-7-16/h1-8,11-13H,(H,23,24)(H2,20,21,22). The topological polar surface area (TPSA) is 90.1 Å². The number of nitrogens with zero attached hydrogens (tertiary/aromatic N) is 2. The molecule has 0 spiro atoms. The lowest BCUT2D eigenvalue weighted by Gasteiger charge is -2.06. The van der Waals surface area contributed by atoms with E-state index < -0.39 is 6.09 Å². The molecule has 0 saturated carbocycles. The number of para-hydroxylation sites is 1. The van der Waals surface area contributed by atoms with Crippen LogP contribution in [0.2, 0.25) is 0 Å². The summed E-state index contributed by atoms with van der Waals surface area (Å²) in [6.07, 6.45) is 2.52. The van der Waals surface area contributed by atoms with E-state index in [0.29, 0.717) is 22.6 Å². The molecule has 3 rings (SSSR count). The Morgan fingerprint density at radius 1 is 0.960 bits per heavy atom. The minimum atomic E-state index is -0.566. The number of hydrogen-bond acceptors (Lipinski definition) is 5. The maximum Gasteiger partial charge on any atom is 0.417 e. The summed E-state index contributed by atoms with van der Waals surface area (Å²) < 4.78 is 5.27. The van der Waals surface area contributed by atoms with Gasteiger partial charge in [-0.1, -0.05) is 36.1 Å². The molecule has 122 valence electrons. The van der Waals surface area contributed by atoms with Crippen molar-refractivity contribution in [2.24, 2.45) is 0 Å². The fourth-order valence-corrected chi connectivity index (χ4v) is 1.96. The summed E-state index contributed by atoms with van der Waals surface area (Å²) in [5.74, 6) is 6.48. The number of aromatic nitrogens is 2. The molecule has 0 radical (unpaired) electrons. The van der Waals surface area contributed by atoms with Gasteiger partial charge in [0.1, 0.15) is 5.75 Å². The Bertz CT molecular complexity index is 929. The van der Waals surface area contributed by atoms with Gasteiger partial charge in [-0.25, -0.2) is 14.8 Å². The molecule has 0 unspecified atom stereocenters. The molecule has 6 nitrogen and oxygen atoms in total. The van der Waals surface area contributed by atoms with Crippen molar-refractivity contribution in [1.82, 2.24) is 9.97 Å². The van der Waals surface area contributed by atoms with Crippen molar-refractivity contribution < 1.29 is 9.53 Å². The normalized spacial score (nSPS) is 9.60. The molecule has 3 N–H and O–H groups in total. The Labute approximate surface area is 144 Å². The third-order valence-electron chi connectivity index (χ3n) is 3.09. The number of carbonyl (C=O) groups is 1. The lowest BCUT2D eigenvalue weighted by Crippen LogP contribution is -2.16. The average Bonchev–Trinajstić information content (AvgIpc) is 2.62. The number of benzene rings is 2. The van der Waals surface area contributed by atoms with E-state index in [1.54, 1.807) is 42.7 Å². The van der Waals surface area contributed by atoms with Crippen LogP contribution >= 0.6 is 0 Å². The Hall–Kier alpha value is -3.85. The number of nitrogens with two attached hydrogens (primary N) is 1. The second-order valence-electron chi connectivity index (χ2n) is 4.99. The molecule has 25 heavy (non-hydrogen) atoms. The summed E-state index contributed by atoms with van der Waals surface area (Å²) in [5.41, 5.74) is 7.43. The van der Waals surface area contributed by atoms with Crippen molar-refractivity contribution >= 4 is 17.7 Å². The van der Waals surface area contributed by atoms with E-state index in [0.717, 1.165) is 0 Å². The van der Waals surface area contributed by atoms with Crippen LogP contribution in [-0.2, 0) is 0 Å². The lowest BCUT2D eigenvalue weighted by atomic mass is 10.2. The Morgan fingerprint density at radius 3 is 2.44 bits per heavy atom. The highest BCUT2D eigenvalue weighted by Gasteiger charge is 2.05. The number of hydrogen-bond donors (Lipinski definition) is 2. The van der Waals surface area contributed by atoms with Crippen LogP contribution in [0.15, 0.2) is 67.0 Å². The first kappa shape index (κ1) is 16.0. The van der Waals surface area contributed by atoms with E-state index in [1.165, 1.54) is 0 Å². The quantitative estimate of drug-likeness (QED) is 0.705. The van der Waals surface area contributed by atoms with Crippen molar-refractivity contribution in [2.45, 2.75) is 0 Å². The first-order chi connectivity index (χ1) is 12.2. The van der Waals surface area contributed by atoms with Gasteiger partial charge < -0.3 is 10.5 Å². The first-order valence-electron chi connectivity index (χ1n) is 7.42. The van der Waals surface area contributed by atoms with Gasteiger partial charge in [0.15, 0.2) is 0 Å². The number of carbonyl (C=O) groups excluding carboxylic acids is 1. The molecule has 0 aliphatic rings. The Kier molecular flexibility index (Phi) is 4.88. The van der Waals surface area contributed by atoms with Crippen LogP contribution in [0.1, 0.15) is 11.1 Å². The van der Waals surface area contributed by atoms with Gasteiger partial charge in [-0.05, 0) is 30.3 Å². The summed E-state index contributed by atoms with van der Waals surface area (Å²) in [6.45, 7) is 0. The van der Waals surface area contributed by atoms with Crippen LogP contribution < -0.4 is 15.8 Å². The molecule has 6 heteroatoms. The third kappa shape index (κ3) is 4.81. The van der Waals surface area contributed by atoms with E-state index >= 15 is 0 Å². The van der Waals surface area contributed by atoms with Gasteiger partial charge in [-0.3, -0.25) is 5.32 Å². The van der Waals surface area contributed by atoms with Gasteiger partial charge in [0.05, 0.1) is 5.56 Å². The van der Waals surface area contributed by atoms with Crippen LogP contribution in [0.5, 0.6) is 5.75 Å². The Balaban J connectivity index is 1.67. The minimum Gasteiger partial charge on any atom is -0.410 e. The van der Waals surface area contributed by atoms with E-state index in [-0.39, 0.29) is 5.95 Å². The largest absolute Gasteiger partial charge is 0.417 e. The summed E-state index contributed by atoms with van der Waals surface area (Å²) in [7, 11) is 0. The number of rotatable bonds is 2. The molecule has 1 aromatic heterocycles. The van der Waals surface area contributed by atoms with Gasteiger partial charge in [-0.15, -0.1) is 0 Å². The second kappa shape index (κ2) is 7.62. The highest BCUT2D eigenvalue weighted by atomic mass is 16.6. The SMILES string of the molecule is Nc1ncc(C#Cc2cccc(OC(=O)Nc3ccccc3)c2)cn1. The summed E-state index contributed by atoms with van der Waals surface area (Å²) in [4.78, 5) is 19.7. The lowest BCUT2D eigenvalue weighted by molar-refractivity contribution is 0.215. The van der Waals surface area contributed by atoms with E-state index in [9.17, 15) is 4.79 Å². The zero-order chi connectivity index (χ0) is 17.5. The number of nitrogen functional groups attached to an aromatic ring is 1. The monoisotopic (exact) mass is 330 g/mol. The zero-order valence-electron chi connectivity index (χ0n) is 13.1. The molecule has 1 heterocycles. The molecule has 0 aliphatic heterocycles. The van der Waals surface area contributed by atoms with Crippen LogP contribution in [0.25, 0.3) is 0 Å². The van der Waals surface area contributed by atoms with Gasteiger partial charge in [-0.2, -0.15) is 0 Å². The second-order valence-corrected chi connectivity index (χ2v) is 4.99. The minimum absolute atomic E-state index is 0.199. The fourth-order valence-electron chi connectivity index (χ4n) is 1.96. The highest BCUT2D eigenvalue weighted by molar-refractivity contribution is 5.86. The van der Waals surface area contributed by atoms with E-state index in [4.69, 9.17) is 10.5 Å². The molecule has 0 aliphatic carbocycles. The van der Waals surface area contributed by atoms with Crippen molar-refractivity contribution in [2.75, 3.05) is 11.1 Å². The summed E-state index contributed by atoms with van der Waals surface area (Å²) >= 11 is 0. The zero-order valence-corrected chi connectivity index (χ0v) is 13.1. The Morgan fingerprint density at radius 2 is 1.68 bits per heavy atom. The van der Waals surface area contributed by atoms with Crippen LogP contribution in [0, 0.1) is 11.8 Å². The molecule has 0 fully saturated rings. The van der Waals surface area contributed by atoms with Gasteiger partial charge in [0.2, 0.25) is 5.95 Å². The van der Waals surface area contributed by atoms with Crippen molar-refractivity contribution in [1.29, 1.82) is 0 Å². The number of anilines is 2. The maximum atomic E-state index is 11.9. The third-order valence-corrected chi connectivity index (χ3v) is 3.09.